The highest BCUT2D eigenvalue weighted by Crippen LogP contribution is 2.22. The second-order valence-electron chi connectivity index (χ2n) is 4.53. The van der Waals surface area contributed by atoms with E-state index in [2.05, 4.69) is 10.1 Å². The zero-order chi connectivity index (χ0) is 13.4. The van der Waals surface area contributed by atoms with Crippen LogP contribution in [0.25, 0.3) is 11.0 Å². The number of imidazole rings is 1. The Bertz CT molecular complexity index is 728. The van der Waals surface area contributed by atoms with Crippen LogP contribution < -0.4 is 5.73 Å². The number of nitrogens with two attached hydrogens (primary N) is 1. The number of rotatable bonds is 3. The van der Waals surface area contributed by atoms with Crippen molar-refractivity contribution in [3.8, 4) is 0 Å². The quantitative estimate of drug-likeness (QED) is 0.797. The molecule has 5 nitrogen and oxygen atoms in total. The van der Waals surface area contributed by atoms with Crippen LogP contribution in [0, 0.1) is 0 Å². The molecule has 0 saturated carbocycles. The molecule has 98 valence electrons. The number of nitrogens with zero attached hydrogens (tertiary/aromatic N) is 4. The minimum Gasteiger partial charge on any atom is -0.369 e. The number of fused-ring (bicyclic) bond motifs is 1. The predicted octanol–water partition coefficient (Wildman–Crippen LogP) is 2.25. The lowest BCUT2D eigenvalue weighted by molar-refractivity contribution is 0.723. The number of aromatic nitrogens is 4. The number of hydrogen-bond acceptors (Lipinski definition) is 3. The molecular formula is C13H14ClN5. The minimum absolute atomic E-state index is 0.515. The van der Waals surface area contributed by atoms with Gasteiger partial charge in [-0.15, -0.1) is 0 Å². The predicted molar refractivity (Wildman–Crippen MR) is 76.1 cm³/mol. The van der Waals surface area contributed by atoms with Gasteiger partial charge in [-0.3, -0.25) is 4.68 Å². The molecule has 0 fully saturated rings. The summed E-state index contributed by atoms with van der Waals surface area (Å²) in [5, 5.41) is 4.83. The Morgan fingerprint density at radius 3 is 2.95 bits per heavy atom. The Kier molecular flexibility index (Phi) is 2.91. The molecule has 3 aromatic rings. The van der Waals surface area contributed by atoms with Crippen LogP contribution in [0.5, 0.6) is 0 Å². The van der Waals surface area contributed by atoms with Crippen molar-refractivity contribution < 1.29 is 0 Å². The zero-order valence-corrected chi connectivity index (χ0v) is 11.3. The van der Waals surface area contributed by atoms with Gasteiger partial charge in [0.25, 0.3) is 0 Å². The maximum absolute atomic E-state index is 5.96. The van der Waals surface area contributed by atoms with E-state index in [1.54, 1.807) is 4.68 Å². The van der Waals surface area contributed by atoms with E-state index in [0.717, 1.165) is 24.0 Å². The first kappa shape index (κ1) is 12.0. The van der Waals surface area contributed by atoms with Gasteiger partial charge in [-0.05, 0) is 30.2 Å². The number of aryl methyl sites for hydroxylation is 3. The van der Waals surface area contributed by atoms with Crippen molar-refractivity contribution >= 4 is 28.6 Å². The highest BCUT2D eigenvalue weighted by molar-refractivity contribution is 6.31. The van der Waals surface area contributed by atoms with Crippen molar-refractivity contribution in [3.05, 3.63) is 41.2 Å². The van der Waals surface area contributed by atoms with Crippen molar-refractivity contribution in [2.45, 2.75) is 13.0 Å². The second-order valence-corrected chi connectivity index (χ2v) is 4.96. The van der Waals surface area contributed by atoms with Gasteiger partial charge in [0, 0.05) is 24.8 Å². The molecule has 0 aliphatic carbocycles. The first-order valence-corrected chi connectivity index (χ1v) is 6.40. The molecule has 6 heteroatoms. The lowest BCUT2D eigenvalue weighted by Crippen LogP contribution is -2.05. The van der Waals surface area contributed by atoms with Gasteiger partial charge in [-0.2, -0.15) is 5.10 Å². The lowest BCUT2D eigenvalue weighted by atomic mass is 10.2. The Labute approximate surface area is 115 Å². The molecule has 0 radical (unpaired) electrons. The Morgan fingerprint density at radius 1 is 1.37 bits per heavy atom. The summed E-state index contributed by atoms with van der Waals surface area (Å²) in [5.74, 6) is 0.515. The zero-order valence-electron chi connectivity index (χ0n) is 10.5. The maximum Gasteiger partial charge on any atom is 0.201 e. The number of nitrogen functional groups attached to an aromatic ring is 1. The molecule has 19 heavy (non-hydrogen) atoms. The summed E-state index contributed by atoms with van der Waals surface area (Å²) in [5.41, 5.74) is 8.97. The molecule has 1 aromatic carbocycles. The summed E-state index contributed by atoms with van der Waals surface area (Å²) in [6, 6.07) is 5.63. The Hall–Kier alpha value is -2.01. The monoisotopic (exact) mass is 275 g/mol. The minimum atomic E-state index is 0.515. The number of benzene rings is 1. The van der Waals surface area contributed by atoms with Gasteiger partial charge in [0.2, 0.25) is 5.95 Å². The van der Waals surface area contributed by atoms with Crippen LogP contribution in [-0.4, -0.2) is 19.3 Å². The lowest BCUT2D eigenvalue weighted by Gasteiger charge is -2.05. The molecule has 0 aliphatic rings. The Balaban J connectivity index is 1.90. The summed E-state index contributed by atoms with van der Waals surface area (Å²) in [4.78, 5) is 4.33. The highest BCUT2D eigenvalue weighted by atomic mass is 35.5. The normalized spacial score (nSPS) is 11.3. The van der Waals surface area contributed by atoms with Gasteiger partial charge < -0.3 is 10.3 Å². The van der Waals surface area contributed by atoms with E-state index < -0.39 is 0 Å². The standard InChI is InChI=1S/C13H14ClN5/c1-18-8-9(7-16-18)4-5-19-12-3-2-10(14)6-11(12)17-13(19)15/h2-3,6-8H,4-5H2,1H3,(H2,15,17). The maximum atomic E-state index is 5.96. The van der Waals surface area contributed by atoms with Crippen molar-refractivity contribution in [1.82, 2.24) is 19.3 Å². The van der Waals surface area contributed by atoms with Crippen molar-refractivity contribution in [2.75, 3.05) is 5.73 Å². The topological polar surface area (TPSA) is 61.7 Å². The molecule has 2 aromatic heterocycles. The van der Waals surface area contributed by atoms with Crippen LogP contribution in [0.4, 0.5) is 5.95 Å². The van der Waals surface area contributed by atoms with E-state index in [-0.39, 0.29) is 0 Å². The number of halogens is 1. The molecule has 0 unspecified atom stereocenters. The van der Waals surface area contributed by atoms with Gasteiger partial charge in [0.1, 0.15) is 0 Å². The first-order chi connectivity index (χ1) is 9.13. The second kappa shape index (κ2) is 4.59. The molecule has 0 atom stereocenters. The summed E-state index contributed by atoms with van der Waals surface area (Å²) < 4.78 is 3.79. The summed E-state index contributed by atoms with van der Waals surface area (Å²) in [7, 11) is 1.91. The fourth-order valence-electron chi connectivity index (χ4n) is 2.20. The average Bonchev–Trinajstić information content (AvgIpc) is 2.89. The third-order valence-corrected chi connectivity index (χ3v) is 3.36. The molecule has 0 saturated heterocycles. The third kappa shape index (κ3) is 2.29. The van der Waals surface area contributed by atoms with E-state index in [1.165, 1.54) is 5.56 Å². The fraction of sp³-hybridized carbons (Fsp3) is 0.231. The van der Waals surface area contributed by atoms with Crippen LogP contribution >= 0.6 is 11.6 Å². The van der Waals surface area contributed by atoms with E-state index in [1.807, 2.05) is 42.2 Å². The van der Waals surface area contributed by atoms with Gasteiger partial charge in [-0.1, -0.05) is 11.6 Å². The molecule has 0 aliphatic heterocycles. The molecule has 0 bridgehead atoms. The van der Waals surface area contributed by atoms with Crippen molar-refractivity contribution in [1.29, 1.82) is 0 Å². The van der Waals surface area contributed by atoms with Gasteiger partial charge in [0.15, 0.2) is 0 Å². The van der Waals surface area contributed by atoms with E-state index in [0.29, 0.717) is 11.0 Å². The summed E-state index contributed by atoms with van der Waals surface area (Å²) in [6.45, 7) is 0.773. The van der Waals surface area contributed by atoms with Crippen LogP contribution in [0.15, 0.2) is 30.6 Å². The fourth-order valence-corrected chi connectivity index (χ4v) is 2.36. The van der Waals surface area contributed by atoms with E-state index >= 15 is 0 Å². The average molecular weight is 276 g/mol. The summed E-state index contributed by atoms with van der Waals surface area (Å²) >= 11 is 5.95. The molecule has 2 heterocycles. The molecule has 0 amide bonds. The van der Waals surface area contributed by atoms with Crippen LogP contribution in [0.2, 0.25) is 5.02 Å². The highest BCUT2D eigenvalue weighted by Gasteiger charge is 2.08. The molecule has 3 rings (SSSR count). The van der Waals surface area contributed by atoms with Crippen LogP contribution in [0.3, 0.4) is 0 Å². The van der Waals surface area contributed by atoms with Gasteiger partial charge >= 0.3 is 0 Å². The number of anilines is 1. The van der Waals surface area contributed by atoms with Crippen molar-refractivity contribution in [3.63, 3.8) is 0 Å². The van der Waals surface area contributed by atoms with Crippen molar-refractivity contribution in [2.24, 2.45) is 7.05 Å². The van der Waals surface area contributed by atoms with Gasteiger partial charge in [-0.25, -0.2) is 4.98 Å². The Morgan fingerprint density at radius 2 is 2.21 bits per heavy atom. The SMILES string of the molecule is Cn1cc(CCn2c(N)nc3cc(Cl)ccc32)cn1. The van der Waals surface area contributed by atoms with E-state index in [4.69, 9.17) is 17.3 Å². The summed E-state index contributed by atoms with van der Waals surface area (Å²) in [6.07, 6.45) is 4.74. The molecular weight excluding hydrogens is 262 g/mol. The largest absolute Gasteiger partial charge is 0.369 e. The molecule has 0 spiro atoms. The van der Waals surface area contributed by atoms with E-state index in [9.17, 15) is 0 Å². The first-order valence-electron chi connectivity index (χ1n) is 6.02. The van der Waals surface area contributed by atoms with Gasteiger partial charge in [0.05, 0.1) is 17.2 Å². The molecule has 2 N–H and O–H groups in total. The van der Waals surface area contributed by atoms with Crippen LogP contribution in [0.1, 0.15) is 5.56 Å². The van der Waals surface area contributed by atoms with Crippen LogP contribution in [-0.2, 0) is 20.0 Å². The smallest absolute Gasteiger partial charge is 0.201 e. The number of hydrogen-bond donors (Lipinski definition) is 1. The third-order valence-electron chi connectivity index (χ3n) is 3.12.